The van der Waals surface area contributed by atoms with E-state index in [-0.39, 0.29) is 11.8 Å². The van der Waals surface area contributed by atoms with Crippen LogP contribution >= 0.6 is 11.8 Å². The highest BCUT2D eigenvalue weighted by atomic mass is 32.2. The van der Waals surface area contributed by atoms with Crippen LogP contribution in [0.5, 0.6) is 0 Å². The van der Waals surface area contributed by atoms with Crippen molar-refractivity contribution in [3.05, 3.63) is 64.6 Å². The molecule has 1 aliphatic carbocycles. The Morgan fingerprint density at radius 2 is 1.71 bits per heavy atom. The number of carbonyl (C=O) groups is 2. The van der Waals surface area contributed by atoms with Gasteiger partial charge in [-0.25, -0.2) is 0 Å². The molecule has 0 bridgehead atoms. The molecule has 0 saturated heterocycles. The second-order valence-corrected chi connectivity index (χ2v) is 8.43. The highest BCUT2D eigenvalue weighted by Gasteiger charge is 2.20. The number of para-hydroxylation sites is 1. The summed E-state index contributed by atoms with van der Waals surface area (Å²) in [6.07, 6.45) is 8.94. The van der Waals surface area contributed by atoms with E-state index >= 15 is 0 Å². The Morgan fingerprint density at radius 3 is 2.46 bits per heavy atom. The zero-order valence-corrected chi connectivity index (χ0v) is 16.6. The van der Waals surface area contributed by atoms with Gasteiger partial charge in [0.2, 0.25) is 0 Å². The zero-order valence-electron chi connectivity index (χ0n) is 15.7. The minimum absolute atomic E-state index is 0.00943. The third kappa shape index (κ3) is 4.47. The van der Waals surface area contributed by atoms with Gasteiger partial charge in [0.15, 0.2) is 0 Å². The number of fused-ring (bicyclic) bond motifs is 1. The lowest BCUT2D eigenvalue weighted by Crippen LogP contribution is -2.34. The number of anilines is 1. The largest absolute Gasteiger partial charge is 0.349 e. The molecular formula is C23H24N2O2S. The second-order valence-electron chi connectivity index (χ2n) is 7.34. The van der Waals surface area contributed by atoms with Crippen LogP contribution in [0.4, 0.5) is 5.69 Å². The summed E-state index contributed by atoms with van der Waals surface area (Å²) >= 11 is 1.47. The van der Waals surface area contributed by atoms with Crippen LogP contribution in [0.15, 0.2) is 58.3 Å². The van der Waals surface area contributed by atoms with E-state index in [9.17, 15) is 9.59 Å². The molecule has 2 aromatic carbocycles. The summed E-state index contributed by atoms with van der Waals surface area (Å²) in [6, 6.07) is 15.5. The van der Waals surface area contributed by atoms with Gasteiger partial charge in [0.1, 0.15) is 0 Å². The van der Waals surface area contributed by atoms with Gasteiger partial charge in [0.25, 0.3) is 11.8 Å². The van der Waals surface area contributed by atoms with E-state index in [2.05, 4.69) is 10.6 Å². The van der Waals surface area contributed by atoms with E-state index in [1.54, 1.807) is 0 Å². The van der Waals surface area contributed by atoms with Crippen molar-refractivity contribution in [1.29, 1.82) is 0 Å². The first-order valence-electron chi connectivity index (χ1n) is 9.90. The maximum absolute atomic E-state index is 12.5. The average molecular weight is 393 g/mol. The summed E-state index contributed by atoms with van der Waals surface area (Å²) in [4.78, 5) is 26.5. The average Bonchev–Trinajstić information content (AvgIpc) is 2.98. The van der Waals surface area contributed by atoms with Gasteiger partial charge in [-0.2, -0.15) is 0 Å². The number of thioether (sulfide) groups is 1. The van der Waals surface area contributed by atoms with Crippen LogP contribution in [-0.2, 0) is 4.79 Å². The molecule has 1 heterocycles. The lowest BCUT2D eigenvalue weighted by molar-refractivity contribution is -0.112. The molecule has 0 radical (unpaired) electrons. The Bertz CT molecular complexity index is 897. The molecule has 2 N–H and O–H groups in total. The normalized spacial score (nSPS) is 18.9. The van der Waals surface area contributed by atoms with Crippen molar-refractivity contribution in [1.82, 2.24) is 5.32 Å². The summed E-state index contributed by atoms with van der Waals surface area (Å²) in [7, 11) is 0. The molecule has 2 aromatic rings. The van der Waals surface area contributed by atoms with Gasteiger partial charge in [-0.3, -0.25) is 9.59 Å². The molecule has 2 aliphatic rings. The van der Waals surface area contributed by atoms with Crippen LogP contribution in [0.2, 0.25) is 0 Å². The van der Waals surface area contributed by atoms with Crippen molar-refractivity contribution in [2.24, 2.45) is 0 Å². The molecule has 0 atom stereocenters. The first-order valence-corrected chi connectivity index (χ1v) is 10.7. The number of hydrogen-bond acceptors (Lipinski definition) is 3. The second kappa shape index (κ2) is 8.65. The minimum atomic E-state index is -0.0983. The van der Waals surface area contributed by atoms with E-state index in [1.807, 2.05) is 54.6 Å². The van der Waals surface area contributed by atoms with Gasteiger partial charge >= 0.3 is 0 Å². The molecule has 5 heteroatoms. The van der Waals surface area contributed by atoms with E-state index in [1.165, 1.54) is 37.4 Å². The third-order valence-electron chi connectivity index (χ3n) is 5.24. The molecule has 0 aromatic heterocycles. The quantitative estimate of drug-likeness (QED) is 0.556. The Morgan fingerprint density at radius 1 is 1.00 bits per heavy atom. The summed E-state index contributed by atoms with van der Waals surface area (Å²) in [5, 5.41) is 6.09. The molecule has 0 spiro atoms. The Hall–Kier alpha value is -2.53. The smallest absolute Gasteiger partial charge is 0.262 e. The molecule has 28 heavy (non-hydrogen) atoms. The monoisotopic (exact) mass is 392 g/mol. The van der Waals surface area contributed by atoms with Crippen LogP contribution in [0, 0.1) is 0 Å². The first-order chi connectivity index (χ1) is 13.7. The van der Waals surface area contributed by atoms with Crippen LogP contribution in [0.25, 0.3) is 6.08 Å². The van der Waals surface area contributed by atoms with Gasteiger partial charge in [-0.05, 0) is 48.7 Å². The van der Waals surface area contributed by atoms with Crippen LogP contribution in [0.3, 0.4) is 0 Å². The van der Waals surface area contributed by atoms with E-state index in [0.717, 1.165) is 29.0 Å². The molecule has 4 nitrogen and oxygen atoms in total. The molecular weight excluding hydrogens is 368 g/mol. The standard InChI is InChI=1S/C23H24N2O2S/c26-22(24-18-7-3-1-2-4-8-18)17-13-11-16(12-14-17)15-21-23(27)25-19-9-5-6-10-20(19)28-21/h5-6,9-15,18H,1-4,7-8H2,(H,24,26)(H,25,27)/b21-15+. The van der Waals surface area contributed by atoms with E-state index in [0.29, 0.717) is 16.5 Å². The molecule has 2 amide bonds. The highest BCUT2D eigenvalue weighted by Crippen LogP contribution is 2.38. The number of rotatable bonds is 3. The van der Waals surface area contributed by atoms with Crippen molar-refractivity contribution in [2.45, 2.75) is 49.5 Å². The number of hydrogen-bond donors (Lipinski definition) is 2. The lowest BCUT2D eigenvalue weighted by atomic mass is 10.1. The molecule has 4 rings (SSSR count). The minimum Gasteiger partial charge on any atom is -0.349 e. The Kier molecular flexibility index (Phi) is 5.81. The zero-order chi connectivity index (χ0) is 19.3. The van der Waals surface area contributed by atoms with Crippen LogP contribution in [0.1, 0.15) is 54.4 Å². The van der Waals surface area contributed by atoms with E-state index in [4.69, 9.17) is 0 Å². The third-order valence-corrected chi connectivity index (χ3v) is 6.34. The van der Waals surface area contributed by atoms with Gasteiger partial charge < -0.3 is 10.6 Å². The van der Waals surface area contributed by atoms with Crippen molar-refractivity contribution in [3.8, 4) is 0 Å². The summed E-state index contributed by atoms with van der Waals surface area (Å²) < 4.78 is 0. The molecule has 1 fully saturated rings. The first kappa shape index (κ1) is 18.8. The van der Waals surface area contributed by atoms with Gasteiger partial charge in [-0.1, -0.05) is 61.7 Å². The van der Waals surface area contributed by atoms with Crippen molar-refractivity contribution >= 4 is 35.3 Å². The Labute approximate surface area is 169 Å². The molecule has 144 valence electrons. The maximum Gasteiger partial charge on any atom is 0.262 e. The van der Waals surface area contributed by atoms with Crippen molar-refractivity contribution < 1.29 is 9.59 Å². The van der Waals surface area contributed by atoms with Crippen LogP contribution in [-0.4, -0.2) is 17.9 Å². The fourth-order valence-electron chi connectivity index (χ4n) is 3.68. The van der Waals surface area contributed by atoms with Gasteiger partial charge in [0.05, 0.1) is 10.6 Å². The van der Waals surface area contributed by atoms with E-state index < -0.39 is 0 Å². The highest BCUT2D eigenvalue weighted by molar-refractivity contribution is 8.04. The molecule has 1 saturated carbocycles. The number of carbonyl (C=O) groups excluding carboxylic acids is 2. The summed E-state index contributed by atoms with van der Waals surface area (Å²) in [6.45, 7) is 0. The molecule has 1 aliphatic heterocycles. The Balaban J connectivity index is 1.44. The number of nitrogens with one attached hydrogen (secondary N) is 2. The van der Waals surface area contributed by atoms with Gasteiger partial charge in [0, 0.05) is 16.5 Å². The summed E-state index contributed by atoms with van der Waals surface area (Å²) in [5.74, 6) is -0.108. The van der Waals surface area contributed by atoms with Gasteiger partial charge in [-0.15, -0.1) is 0 Å². The topological polar surface area (TPSA) is 58.2 Å². The SMILES string of the molecule is O=C1Nc2ccccc2S/C1=C/c1ccc(C(=O)NC2CCCCCC2)cc1. The van der Waals surface area contributed by atoms with Crippen molar-refractivity contribution in [3.63, 3.8) is 0 Å². The predicted octanol–water partition coefficient (Wildman–Crippen LogP) is 5.22. The predicted molar refractivity (Wildman–Crippen MR) is 114 cm³/mol. The van der Waals surface area contributed by atoms with Crippen molar-refractivity contribution in [2.75, 3.05) is 5.32 Å². The summed E-state index contributed by atoms with van der Waals surface area (Å²) in [5.41, 5.74) is 2.42. The van der Waals surface area contributed by atoms with Crippen LogP contribution < -0.4 is 10.6 Å². The maximum atomic E-state index is 12.5. The number of amides is 2. The fourth-order valence-corrected chi connectivity index (χ4v) is 4.63. The fraction of sp³-hybridized carbons (Fsp3) is 0.304. The number of benzene rings is 2. The molecule has 0 unspecified atom stereocenters. The lowest BCUT2D eigenvalue weighted by Gasteiger charge is -2.18.